The summed E-state index contributed by atoms with van der Waals surface area (Å²) in [4.78, 5) is 36.6. The van der Waals surface area contributed by atoms with Crippen LogP contribution in [-0.2, 0) is 19.1 Å². The van der Waals surface area contributed by atoms with Gasteiger partial charge in [-0.15, -0.1) is 0 Å². The van der Waals surface area contributed by atoms with E-state index < -0.39 is 29.6 Å². The van der Waals surface area contributed by atoms with Crippen LogP contribution >= 0.6 is 11.8 Å². The summed E-state index contributed by atoms with van der Waals surface area (Å²) in [6, 6.07) is 15.0. The van der Waals surface area contributed by atoms with Crippen LogP contribution in [0, 0.1) is 0 Å². The van der Waals surface area contributed by atoms with Gasteiger partial charge in [0.25, 0.3) is 0 Å². The summed E-state index contributed by atoms with van der Waals surface area (Å²) in [6.07, 6.45) is -0.239. The largest absolute Gasteiger partial charge is 0.481 e. The van der Waals surface area contributed by atoms with Crippen molar-refractivity contribution >= 4 is 29.7 Å². The first-order chi connectivity index (χ1) is 16.9. The zero-order chi connectivity index (χ0) is 24.8. The highest BCUT2D eigenvalue weighted by Gasteiger charge is 2.36. The number of hydrogen-bond donors (Lipinski definition) is 3. The first-order valence-electron chi connectivity index (χ1n) is 11.7. The molecule has 1 aliphatic carbocycles. The molecule has 2 aromatic rings. The molecule has 8 nitrogen and oxygen atoms in total. The second-order valence-corrected chi connectivity index (χ2v) is 9.97. The first kappa shape index (κ1) is 25.1. The number of amides is 2. The topological polar surface area (TPSA) is 114 Å². The maximum atomic E-state index is 12.9. The molecule has 0 saturated carbocycles. The minimum atomic E-state index is -1.04. The van der Waals surface area contributed by atoms with Gasteiger partial charge in [0.05, 0.1) is 5.60 Å². The Morgan fingerprint density at radius 1 is 1.11 bits per heavy atom. The van der Waals surface area contributed by atoms with Crippen molar-refractivity contribution in [2.45, 2.75) is 36.8 Å². The third-order valence-electron chi connectivity index (χ3n) is 6.68. The van der Waals surface area contributed by atoms with Gasteiger partial charge < -0.3 is 25.2 Å². The second-order valence-electron chi connectivity index (χ2n) is 8.86. The van der Waals surface area contributed by atoms with E-state index in [1.165, 1.54) is 0 Å². The van der Waals surface area contributed by atoms with Gasteiger partial charge in [-0.1, -0.05) is 48.5 Å². The number of carbonyl (C=O) groups excluding carboxylic acids is 2. The zero-order valence-electron chi connectivity index (χ0n) is 19.6. The molecule has 2 aliphatic rings. The Morgan fingerprint density at radius 3 is 2.34 bits per heavy atom. The third-order valence-corrected chi connectivity index (χ3v) is 7.91. The number of carboxylic acids is 1. The molecule has 0 spiro atoms. The van der Waals surface area contributed by atoms with Gasteiger partial charge in [0.2, 0.25) is 5.91 Å². The smallest absolute Gasteiger partial charge is 0.407 e. The summed E-state index contributed by atoms with van der Waals surface area (Å²) in [6.45, 7) is 0.405. The van der Waals surface area contributed by atoms with E-state index in [-0.39, 0.29) is 25.4 Å². The number of fused-ring (bicyclic) bond motifs is 3. The Balaban J connectivity index is 1.38. The zero-order valence-corrected chi connectivity index (χ0v) is 20.4. The number of hydrogen-bond acceptors (Lipinski definition) is 6. The molecule has 2 unspecified atom stereocenters. The number of ether oxygens (including phenoxy) is 2. The van der Waals surface area contributed by atoms with Crippen LogP contribution in [0.25, 0.3) is 11.1 Å². The molecule has 1 saturated heterocycles. The summed E-state index contributed by atoms with van der Waals surface area (Å²) < 4.78 is 11.2. The number of aliphatic carboxylic acids is 1. The quantitative estimate of drug-likeness (QED) is 0.460. The highest BCUT2D eigenvalue weighted by molar-refractivity contribution is 7.99. The Morgan fingerprint density at radius 2 is 1.77 bits per heavy atom. The van der Waals surface area contributed by atoms with Gasteiger partial charge in [0.15, 0.2) is 0 Å². The molecule has 2 aromatic carbocycles. The third kappa shape index (κ3) is 5.79. The molecule has 1 heterocycles. The van der Waals surface area contributed by atoms with Crippen LogP contribution in [0.4, 0.5) is 4.79 Å². The molecule has 0 radical (unpaired) electrons. The van der Waals surface area contributed by atoms with Crippen LogP contribution in [0.1, 0.15) is 36.3 Å². The highest BCUT2D eigenvalue weighted by Crippen LogP contribution is 2.44. The van der Waals surface area contributed by atoms with Crippen molar-refractivity contribution in [3.05, 3.63) is 59.7 Å². The molecule has 35 heavy (non-hydrogen) atoms. The lowest BCUT2D eigenvalue weighted by Crippen LogP contribution is -2.52. The normalized spacial score (nSPS) is 19.5. The van der Waals surface area contributed by atoms with E-state index in [2.05, 4.69) is 22.8 Å². The second kappa shape index (κ2) is 11.1. The fourth-order valence-electron chi connectivity index (χ4n) is 4.65. The van der Waals surface area contributed by atoms with Crippen molar-refractivity contribution in [3.8, 4) is 11.1 Å². The van der Waals surface area contributed by atoms with Gasteiger partial charge in [-0.2, -0.15) is 11.8 Å². The van der Waals surface area contributed by atoms with Crippen LogP contribution in [-0.4, -0.2) is 66.5 Å². The van der Waals surface area contributed by atoms with Gasteiger partial charge in [-0.3, -0.25) is 9.59 Å². The summed E-state index contributed by atoms with van der Waals surface area (Å²) in [7, 11) is 1.62. The van der Waals surface area contributed by atoms with Crippen molar-refractivity contribution in [1.29, 1.82) is 0 Å². The number of benzene rings is 2. The predicted octanol–water partition coefficient (Wildman–Crippen LogP) is 3.40. The molecule has 0 bridgehead atoms. The van der Waals surface area contributed by atoms with Gasteiger partial charge >= 0.3 is 12.1 Å². The minimum Gasteiger partial charge on any atom is -0.481 e. The molecule has 1 aliphatic heterocycles. The molecule has 4 rings (SSSR count). The fraction of sp³-hybridized carbons (Fsp3) is 0.423. The molecule has 2 atom stereocenters. The van der Waals surface area contributed by atoms with E-state index in [4.69, 9.17) is 14.6 Å². The molecule has 3 N–H and O–H groups in total. The Kier molecular flexibility index (Phi) is 7.97. The monoisotopic (exact) mass is 498 g/mol. The Labute approximate surface area is 208 Å². The van der Waals surface area contributed by atoms with E-state index >= 15 is 0 Å². The molecule has 9 heteroatoms. The van der Waals surface area contributed by atoms with Gasteiger partial charge in [0.1, 0.15) is 12.6 Å². The van der Waals surface area contributed by atoms with Gasteiger partial charge in [-0.25, -0.2) is 4.79 Å². The van der Waals surface area contributed by atoms with Crippen molar-refractivity contribution in [3.63, 3.8) is 0 Å². The standard InChI is InChI=1S/C26H30N2O6S/c1-33-26(12-13-35-16-26)15-27-24(31)22(10-11-23(29)30)28-25(32)34-14-21-19-8-4-2-6-17(19)18-7-3-5-9-20(18)21/h2-9,21-22H,10-16H2,1H3,(H,27,31)(H,28,32)(H,29,30). The lowest BCUT2D eigenvalue weighted by molar-refractivity contribution is -0.137. The van der Waals surface area contributed by atoms with E-state index in [1.54, 1.807) is 18.9 Å². The van der Waals surface area contributed by atoms with Crippen LogP contribution in [0.2, 0.25) is 0 Å². The minimum absolute atomic E-state index is 0.0416. The molecular formula is C26H30N2O6S. The lowest BCUT2D eigenvalue weighted by Gasteiger charge is -2.28. The SMILES string of the molecule is COC1(CNC(=O)C(CCC(=O)O)NC(=O)OCC2c3ccccc3-c3ccccc32)CCSC1. The number of methoxy groups -OCH3 is 1. The number of alkyl carbamates (subject to hydrolysis) is 1. The molecule has 1 fully saturated rings. The van der Waals surface area contributed by atoms with Gasteiger partial charge in [0, 0.05) is 31.7 Å². The summed E-state index contributed by atoms with van der Waals surface area (Å²) in [5.41, 5.74) is 3.96. The van der Waals surface area contributed by atoms with Crippen molar-refractivity contribution < 1.29 is 29.0 Å². The molecule has 186 valence electrons. The van der Waals surface area contributed by atoms with E-state index in [0.717, 1.165) is 40.2 Å². The van der Waals surface area contributed by atoms with Crippen LogP contribution in [0.5, 0.6) is 0 Å². The maximum absolute atomic E-state index is 12.9. The summed E-state index contributed by atoms with van der Waals surface area (Å²) >= 11 is 1.76. The molecule has 0 aromatic heterocycles. The average Bonchev–Trinajstić information content (AvgIpc) is 3.47. The van der Waals surface area contributed by atoms with Crippen LogP contribution in [0.3, 0.4) is 0 Å². The number of carboxylic acid groups (broad SMARTS) is 1. The van der Waals surface area contributed by atoms with E-state index in [1.807, 2.05) is 36.4 Å². The molecule has 2 amide bonds. The number of carbonyl (C=O) groups is 3. The van der Waals surface area contributed by atoms with Crippen LogP contribution in [0.15, 0.2) is 48.5 Å². The van der Waals surface area contributed by atoms with Crippen LogP contribution < -0.4 is 10.6 Å². The maximum Gasteiger partial charge on any atom is 0.407 e. The molecular weight excluding hydrogens is 468 g/mol. The van der Waals surface area contributed by atoms with E-state index in [9.17, 15) is 14.4 Å². The lowest BCUT2D eigenvalue weighted by atomic mass is 9.98. The van der Waals surface area contributed by atoms with Crippen molar-refractivity contribution in [1.82, 2.24) is 10.6 Å². The number of nitrogens with one attached hydrogen (secondary N) is 2. The van der Waals surface area contributed by atoms with Crippen molar-refractivity contribution in [2.75, 3.05) is 31.8 Å². The van der Waals surface area contributed by atoms with Gasteiger partial charge in [-0.05, 0) is 40.8 Å². The summed E-state index contributed by atoms with van der Waals surface area (Å²) in [5.74, 6) is 0.111. The Bertz CT molecular complexity index is 1040. The van der Waals surface area contributed by atoms with Crippen molar-refractivity contribution in [2.24, 2.45) is 0 Å². The first-order valence-corrected chi connectivity index (χ1v) is 12.8. The Hall–Kier alpha value is -3.04. The highest BCUT2D eigenvalue weighted by atomic mass is 32.2. The number of rotatable bonds is 10. The number of thioether (sulfide) groups is 1. The average molecular weight is 499 g/mol. The fourth-order valence-corrected chi connectivity index (χ4v) is 6.05. The predicted molar refractivity (Wildman–Crippen MR) is 134 cm³/mol. The van der Waals surface area contributed by atoms with E-state index in [0.29, 0.717) is 6.54 Å². The summed E-state index contributed by atoms with van der Waals surface area (Å²) in [5, 5.41) is 14.5.